The van der Waals surface area contributed by atoms with Crippen molar-refractivity contribution in [2.45, 2.75) is 12.2 Å². The second-order valence-electron chi connectivity index (χ2n) is 5.81. The Morgan fingerprint density at radius 1 is 1.31 bits per heavy atom. The van der Waals surface area contributed by atoms with Crippen LogP contribution in [0, 0.1) is 6.92 Å². The maximum Gasteiger partial charge on any atom is 0.235 e. The predicted molar refractivity (Wildman–Crippen MR) is 101 cm³/mol. The van der Waals surface area contributed by atoms with Gasteiger partial charge < -0.3 is 10.3 Å². The number of thioether (sulfide) groups is 1. The van der Waals surface area contributed by atoms with Gasteiger partial charge in [-0.05, 0) is 18.4 Å². The minimum absolute atomic E-state index is 0.0497. The summed E-state index contributed by atoms with van der Waals surface area (Å²) in [6, 6.07) is 4.12. The van der Waals surface area contributed by atoms with Gasteiger partial charge in [0.15, 0.2) is 11.5 Å². The predicted octanol–water partition coefficient (Wildman–Crippen LogP) is 2.68. The van der Waals surface area contributed by atoms with E-state index in [2.05, 4.69) is 36.4 Å². The molecule has 0 bridgehead atoms. The Kier molecular flexibility index (Phi) is 3.54. The van der Waals surface area contributed by atoms with E-state index in [1.807, 2.05) is 18.4 Å². The number of carbonyl (C=O) groups is 1. The van der Waals surface area contributed by atoms with Crippen molar-refractivity contribution < 1.29 is 4.79 Å². The van der Waals surface area contributed by atoms with Crippen LogP contribution in [0.3, 0.4) is 0 Å². The van der Waals surface area contributed by atoms with Crippen molar-refractivity contribution >= 4 is 46.0 Å². The first-order valence-electron chi connectivity index (χ1n) is 7.91. The van der Waals surface area contributed by atoms with E-state index in [9.17, 15) is 4.79 Å². The number of aryl methyl sites for hydroxylation is 1. The minimum Gasteiger partial charge on any atom is -0.340 e. The molecule has 0 aromatic carbocycles. The SMILES string of the molecule is Cc1nn(-c2ncnc3nc[nH]c23)c2c1[C@@H](c1cccs1)SCC(=O)N2. The van der Waals surface area contributed by atoms with Crippen LogP contribution >= 0.6 is 23.1 Å². The lowest BCUT2D eigenvalue weighted by Gasteiger charge is -2.13. The van der Waals surface area contributed by atoms with Gasteiger partial charge in [-0.25, -0.2) is 15.0 Å². The summed E-state index contributed by atoms with van der Waals surface area (Å²) >= 11 is 3.30. The van der Waals surface area contributed by atoms with Gasteiger partial charge in [0.05, 0.1) is 23.0 Å². The number of anilines is 1. The number of H-pyrrole nitrogens is 1. The maximum atomic E-state index is 12.3. The molecule has 0 aliphatic carbocycles. The molecule has 1 atom stereocenters. The van der Waals surface area contributed by atoms with Crippen LogP contribution in [0.2, 0.25) is 0 Å². The Hall–Kier alpha value is -2.72. The van der Waals surface area contributed by atoms with Crippen LogP contribution in [0.4, 0.5) is 5.82 Å². The van der Waals surface area contributed by atoms with E-state index >= 15 is 0 Å². The van der Waals surface area contributed by atoms with Crippen molar-refractivity contribution in [2.75, 3.05) is 11.1 Å². The monoisotopic (exact) mass is 383 g/mol. The summed E-state index contributed by atoms with van der Waals surface area (Å²) in [5.41, 5.74) is 3.10. The molecule has 1 aliphatic heterocycles. The molecule has 8 nitrogen and oxygen atoms in total. The molecule has 0 radical (unpaired) electrons. The molecule has 0 unspecified atom stereocenters. The zero-order valence-electron chi connectivity index (χ0n) is 13.6. The van der Waals surface area contributed by atoms with Crippen molar-refractivity contribution in [3.05, 3.63) is 46.3 Å². The highest BCUT2D eigenvalue weighted by atomic mass is 32.2. The lowest BCUT2D eigenvalue weighted by Crippen LogP contribution is -2.16. The maximum absolute atomic E-state index is 12.3. The van der Waals surface area contributed by atoms with Crippen molar-refractivity contribution in [1.29, 1.82) is 0 Å². The molecule has 130 valence electrons. The average molecular weight is 383 g/mol. The van der Waals surface area contributed by atoms with E-state index in [0.717, 1.165) is 11.3 Å². The Morgan fingerprint density at radius 2 is 2.23 bits per heavy atom. The van der Waals surface area contributed by atoms with Gasteiger partial charge in [-0.2, -0.15) is 9.78 Å². The normalized spacial score (nSPS) is 17.1. The first-order chi connectivity index (χ1) is 12.7. The molecule has 0 saturated carbocycles. The third-order valence-corrected chi connectivity index (χ3v) is 6.55. The second-order valence-corrected chi connectivity index (χ2v) is 7.89. The van der Waals surface area contributed by atoms with E-state index in [-0.39, 0.29) is 11.2 Å². The van der Waals surface area contributed by atoms with E-state index in [1.165, 1.54) is 11.2 Å². The molecule has 26 heavy (non-hydrogen) atoms. The standard InChI is InChI=1S/C16H13N7OS2/c1-8-11-13(9-3-2-4-25-9)26-5-10(24)21-15(11)23(22-8)16-12-14(18-6-17-12)19-7-20-16/h2-4,6-7,13H,5H2,1H3,(H,21,24)(H,17,18,19,20)/t13-/m1/s1. The topological polar surface area (TPSA) is 101 Å². The van der Waals surface area contributed by atoms with Gasteiger partial charge in [-0.3, -0.25) is 4.79 Å². The van der Waals surface area contributed by atoms with Gasteiger partial charge in [0.25, 0.3) is 0 Å². The second kappa shape index (κ2) is 5.92. The molecule has 0 saturated heterocycles. The van der Waals surface area contributed by atoms with Gasteiger partial charge in [-0.15, -0.1) is 23.1 Å². The fourth-order valence-electron chi connectivity index (χ4n) is 3.11. The van der Waals surface area contributed by atoms with Crippen LogP contribution in [0.1, 0.15) is 21.4 Å². The van der Waals surface area contributed by atoms with Gasteiger partial charge >= 0.3 is 0 Å². The van der Waals surface area contributed by atoms with Crippen molar-refractivity contribution in [1.82, 2.24) is 29.7 Å². The summed E-state index contributed by atoms with van der Waals surface area (Å²) in [5, 5.41) is 9.80. The Morgan fingerprint density at radius 3 is 3.08 bits per heavy atom. The zero-order valence-corrected chi connectivity index (χ0v) is 15.3. The summed E-state index contributed by atoms with van der Waals surface area (Å²) in [6.45, 7) is 1.96. The van der Waals surface area contributed by atoms with Crippen LogP contribution in [0.25, 0.3) is 17.0 Å². The number of rotatable bonds is 2. The molecule has 4 aromatic rings. The summed E-state index contributed by atoms with van der Waals surface area (Å²) in [5.74, 6) is 1.56. The number of thiophene rings is 1. The molecule has 2 N–H and O–H groups in total. The Labute approximate surface area is 156 Å². The molecule has 5 rings (SSSR count). The summed E-state index contributed by atoms with van der Waals surface area (Å²) < 4.78 is 1.68. The molecular weight excluding hydrogens is 370 g/mol. The van der Waals surface area contributed by atoms with Gasteiger partial charge in [0.1, 0.15) is 17.7 Å². The number of hydrogen-bond acceptors (Lipinski definition) is 7. The van der Waals surface area contributed by atoms with Crippen molar-refractivity contribution in [3.8, 4) is 5.82 Å². The van der Waals surface area contributed by atoms with Crippen molar-refractivity contribution in [3.63, 3.8) is 0 Å². The Bertz CT molecular complexity index is 1120. The van der Waals surface area contributed by atoms with E-state index in [1.54, 1.807) is 34.1 Å². The quantitative estimate of drug-likeness (QED) is 0.552. The highest BCUT2D eigenvalue weighted by Gasteiger charge is 2.31. The number of hydrogen-bond donors (Lipinski definition) is 2. The summed E-state index contributed by atoms with van der Waals surface area (Å²) in [7, 11) is 0. The summed E-state index contributed by atoms with van der Waals surface area (Å²) in [6.07, 6.45) is 3.02. The first kappa shape index (κ1) is 15.5. The zero-order chi connectivity index (χ0) is 17.7. The molecule has 0 spiro atoms. The van der Waals surface area contributed by atoms with Crippen LogP contribution in [0.5, 0.6) is 0 Å². The fraction of sp³-hybridized carbons (Fsp3) is 0.188. The first-order valence-corrected chi connectivity index (χ1v) is 9.84. The number of fused-ring (bicyclic) bond motifs is 2. The average Bonchev–Trinajstić information content (AvgIpc) is 3.35. The summed E-state index contributed by atoms with van der Waals surface area (Å²) in [4.78, 5) is 29.3. The molecule has 1 aliphatic rings. The number of aromatic nitrogens is 6. The van der Waals surface area contributed by atoms with Gasteiger partial charge in [0.2, 0.25) is 5.91 Å². The number of imidazole rings is 1. The van der Waals surface area contributed by atoms with Crippen LogP contribution < -0.4 is 5.32 Å². The molecule has 1 amide bonds. The lowest BCUT2D eigenvalue weighted by molar-refractivity contribution is -0.113. The van der Waals surface area contributed by atoms with Gasteiger partial charge in [0, 0.05) is 10.4 Å². The van der Waals surface area contributed by atoms with Crippen LogP contribution in [-0.2, 0) is 4.79 Å². The minimum atomic E-state index is -0.0497. The molecule has 4 aromatic heterocycles. The van der Waals surface area contributed by atoms with Gasteiger partial charge in [-0.1, -0.05) is 6.07 Å². The van der Waals surface area contributed by atoms with E-state index in [0.29, 0.717) is 28.6 Å². The molecule has 10 heteroatoms. The lowest BCUT2D eigenvalue weighted by atomic mass is 10.1. The van der Waals surface area contributed by atoms with Crippen molar-refractivity contribution in [2.24, 2.45) is 0 Å². The van der Waals surface area contributed by atoms with Crippen LogP contribution in [0.15, 0.2) is 30.2 Å². The van der Waals surface area contributed by atoms with Crippen LogP contribution in [-0.4, -0.2) is 41.4 Å². The Balaban J connectivity index is 1.76. The number of aromatic amines is 1. The third-order valence-electron chi connectivity index (χ3n) is 4.21. The number of amides is 1. The van der Waals surface area contributed by atoms with E-state index in [4.69, 9.17) is 0 Å². The largest absolute Gasteiger partial charge is 0.340 e. The smallest absolute Gasteiger partial charge is 0.235 e. The molecule has 5 heterocycles. The van der Waals surface area contributed by atoms with E-state index < -0.39 is 0 Å². The highest BCUT2D eigenvalue weighted by molar-refractivity contribution is 8.00. The highest BCUT2D eigenvalue weighted by Crippen LogP contribution is 2.45. The number of carbonyl (C=O) groups excluding carboxylic acids is 1. The fourth-order valence-corrected chi connectivity index (χ4v) is 5.28. The third kappa shape index (κ3) is 2.33. The molecular formula is C16H13N7OS2. The number of nitrogens with zero attached hydrogens (tertiary/aromatic N) is 5. The molecule has 0 fully saturated rings. The number of nitrogens with one attached hydrogen (secondary N) is 2.